The van der Waals surface area contributed by atoms with Gasteiger partial charge in [-0.25, -0.2) is 8.42 Å². The van der Waals surface area contributed by atoms with E-state index in [2.05, 4.69) is 5.32 Å². The number of rotatable bonds is 6. The van der Waals surface area contributed by atoms with Crippen LogP contribution in [-0.2, 0) is 21.0 Å². The van der Waals surface area contributed by atoms with Crippen LogP contribution in [0.1, 0.15) is 12.5 Å². The monoisotopic (exact) mass is 484 g/mol. The summed E-state index contributed by atoms with van der Waals surface area (Å²) in [5, 5.41) is 2.05. The van der Waals surface area contributed by atoms with Crippen LogP contribution in [0.3, 0.4) is 0 Å². The Morgan fingerprint density at radius 3 is 2.30 bits per heavy atom. The molecular weight excluding hydrogens is 468 g/mol. The summed E-state index contributed by atoms with van der Waals surface area (Å²) in [6.45, 7) is 1.23. The Balaban J connectivity index is 2.42. The standard InChI is InChI=1S/C18H17Cl2F3N2O4S/c1-10(17(26)24-15-6-4-11(19)8-13(15)18(21,22)23)25(30(3,27)28)12-5-7-16(29-2)14(20)9-12/h4-10H,1-3H3,(H,24,26)/t10-/m0/s1. The fourth-order valence-corrected chi connectivity index (χ4v) is 4.29. The molecule has 0 aliphatic carbocycles. The number of sulfonamides is 1. The average molecular weight is 485 g/mol. The number of anilines is 2. The molecule has 0 saturated carbocycles. The number of benzene rings is 2. The van der Waals surface area contributed by atoms with Gasteiger partial charge in [-0.2, -0.15) is 13.2 Å². The van der Waals surface area contributed by atoms with E-state index in [0.717, 1.165) is 16.6 Å². The van der Waals surface area contributed by atoms with Gasteiger partial charge in [0.25, 0.3) is 0 Å². The van der Waals surface area contributed by atoms with E-state index in [0.29, 0.717) is 6.07 Å². The van der Waals surface area contributed by atoms with E-state index in [4.69, 9.17) is 27.9 Å². The maximum Gasteiger partial charge on any atom is 0.418 e. The number of ether oxygens (including phenoxy) is 1. The molecule has 1 amide bonds. The minimum atomic E-state index is -4.78. The topological polar surface area (TPSA) is 75.7 Å². The Labute approximate surface area is 181 Å². The zero-order valence-corrected chi connectivity index (χ0v) is 18.2. The largest absolute Gasteiger partial charge is 0.495 e. The number of hydrogen-bond donors (Lipinski definition) is 1. The summed E-state index contributed by atoms with van der Waals surface area (Å²) in [4.78, 5) is 12.7. The maximum atomic E-state index is 13.3. The van der Waals surface area contributed by atoms with Gasteiger partial charge in [0.15, 0.2) is 0 Å². The zero-order chi connectivity index (χ0) is 22.9. The van der Waals surface area contributed by atoms with E-state index < -0.39 is 39.4 Å². The number of methoxy groups -OCH3 is 1. The smallest absolute Gasteiger partial charge is 0.418 e. The molecule has 6 nitrogen and oxygen atoms in total. The third-order valence-corrected chi connectivity index (χ3v) is 5.80. The lowest BCUT2D eigenvalue weighted by molar-refractivity contribution is -0.137. The van der Waals surface area contributed by atoms with Crippen molar-refractivity contribution in [2.75, 3.05) is 23.0 Å². The van der Waals surface area contributed by atoms with Crippen molar-refractivity contribution in [3.05, 3.63) is 52.0 Å². The number of nitrogens with one attached hydrogen (secondary N) is 1. The van der Waals surface area contributed by atoms with Crippen molar-refractivity contribution < 1.29 is 31.1 Å². The number of hydrogen-bond acceptors (Lipinski definition) is 4. The molecular formula is C18H17Cl2F3N2O4S. The van der Waals surface area contributed by atoms with E-state index in [-0.39, 0.29) is 21.5 Å². The first-order chi connectivity index (χ1) is 13.8. The molecule has 2 rings (SSSR count). The molecule has 2 aromatic carbocycles. The number of nitrogens with zero attached hydrogens (tertiary/aromatic N) is 1. The zero-order valence-electron chi connectivity index (χ0n) is 15.9. The van der Waals surface area contributed by atoms with Crippen LogP contribution >= 0.6 is 23.2 Å². The third-order valence-electron chi connectivity index (χ3n) is 4.02. The number of carbonyl (C=O) groups is 1. The molecule has 1 atom stereocenters. The number of amides is 1. The van der Waals surface area contributed by atoms with Crippen molar-refractivity contribution in [1.82, 2.24) is 0 Å². The van der Waals surface area contributed by atoms with Crippen molar-refractivity contribution in [2.24, 2.45) is 0 Å². The molecule has 0 saturated heterocycles. The van der Waals surface area contributed by atoms with Gasteiger partial charge in [-0.15, -0.1) is 0 Å². The molecule has 2 aromatic rings. The summed E-state index contributed by atoms with van der Waals surface area (Å²) in [7, 11) is -2.64. The summed E-state index contributed by atoms with van der Waals surface area (Å²) in [5.41, 5.74) is -1.67. The second-order valence-corrected chi connectivity index (χ2v) is 8.93. The lowest BCUT2D eigenvalue weighted by Gasteiger charge is -2.29. The van der Waals surface area contributed by atoms with Crippen molar-refractivity contribution in [3.8, 4) is 5.75 Å². The Morgan fingerprint density at radius 1 is 1.17 bits per heavy atom. The molecule has 12 heteroatoms. The second kappa shape index (κ2) is 8.91. The summed E-state index contributed by atoms with van der Waals surface area (Å²) in [6.07, 6.45) is -3.92. The van der Waals surface area contributed by atoms with E-state index in [1.54, 1.807) is 0 Å². The van der Waals surface area contributed by atoms with Crippen LogP contribution in [0.5, 0.6) is 5.75 Å². The van der Waals surface area contributed by atoms with Gasteiger partial charge in [0.05, 0.1) is 35.3 Å². The molecule has 0 bridgehead atoms. The lowest BCUT2D eigenvalue weighted by Crippen LogP contribution is -2.45. The Hall–Kier alpha value is -2.17. The molecule has 0 fully saturated rings. The van der Waals surface area contributed by atoms with Crippen LogP contribution in [0.25, 0.3) is 0 Å². The normalized spacial score (nSPS) is 12.9. The van der Waals surface area contributed by atoms with Crippen LogP contribution in [-0.4, -0.2) is 33.7 Å². The van der Waals surface area contributed by atoms with Gasteiger partial charge in [0, 0.05) is 5.02 Å². The average Bonchev–Trinajstić information content (AvgIpc) is 2.61. The fraction of sp³-hybridized carbons (Fsp3) is 0.278. The fourth-order valence-electron chi connectivity index (χ4n) is 2.70. The summed E-state index contributed by atoms with van der Waals surface area (Å²) in [6, 6.07) is 5.47. The highest BCUT2D eigenvalue weighted by atomic mass is 35.5. The summed E-state index contributed by atoms with van der Waals surface area (Å²) >= 11 is 11.7. The third kappa shape index (κ3) is 5.50. The molecule has 0 unspecified atom stereocenters. The highest BCUT2D eigenvalue weighted by Gasteiger charge is 2.36. The van der Waals surface area contributed by atoms with Gasteiger partial charge >= 0.3 is 6.18 Å². The van der Waals surface area contributed by atoms with Crippen LogP contribution in [0.4, 0.5) is 24.5 Å². The van der Waals surface area contributed by atoms with Gasteiger partial charge in [-0.3, -0.25) is 9.10 Å². The van der Waals surface area contributed by atoms with Gasteiger partial charge in [-0.1, -0.05) is 23.2 Å². The molecule has 164 valence electrons. The van der Waals surface area contributed by atoms with Crippen molar-refractivity contribution in [2.45, 2.75) is 19.1 Å². The van der Waals surface area contributed by atoms with E-state index in [1.807, 2.05) is 0 Å². The van der Waals surface area contributed by atoms with Crippen LogP contribution < -0.4 is 14.4 Å². The number of halogens is 5. The second-order valence-electron chi connectivity index (χ2n) is 6.23. The number of carbonyl (C=O) groups excluding carboxylic acids is 1. The van der Waals surface area contributed by atoms with Gasteiger partial charge < -0.3 is 10.1 Å². The molecule has 1 N–H and O–H groups in total. The molecule has 0 spiro atoms. The van der Waals surface area contributed by atoms with Crippen LogP contribution in [0, 0.1) is 0 Å². The highest BCUT2D eigenvalue weighted by molar-refractivity contribution is 7.92. The summed E-state index contributed by atoms with van der Waals surface area (Å²) in [5.74, 6) is -0.706. The van der Waals surface area contributed by atoms with Crippen molar-refractivity contribution in [1.29, 1.82) is 0 Å². The van der Waals surface area contributed by atoms with Gasteiger partial charge in [0.1, 0.15) is 11.8 Å². The minimum Gasteiger partial charge on any atom is -0.495 e. The molecule has 0 heterocycles. The summed E-state index contributed by atoms with van der Waals surface area (Å²) < 4.78 is 70.2. The van der Waals surface area contributed by atoms with Crippen molar-refractivity contribution >= 4 is 50.5 Å². The first-order valence-electron chi connectivity index (χ1n) is 8.26. The molecule has 0 aromatic heterocycles. The molecule has 0 aliphatic rings. The molecule has 30 heavy (non-hydrogen) atoms. The Bertz CT molecular complexity index is 1060. The van der Waals surface area contributed by atoms with Crippen LogP contribution in [0.15, 0.2) is 36.4 Å². The van der Waals surface area contributed by atoms with Gasteiger partial charge in [-0.05, 0) is 43.3 Å². The maximum absolute atomic E-state index is 13.3. The quantitative estimate of drug-likeness (QED) is 0.637. The first-order valence-corrected chi connectivity index (χ1v) is 10.9. The van der Waals surface area contributed by atoms with Crippen molar-refractivity contribution in [3.63, 3.8) is 0 Å². The Kier molecular flexibility index (Phi) is 7.16. The lowest BCUT2D eigenvalue weighted by atomic mass is 10.1. The van der Waals surface area contributed by atoms with E-state index in [1.165, 1.54) is 38.3 Å². The van der Waals surface area contributed by atoms with Crippen LogP contribution in [0.2, 0.25) is 10.0 Å². The minimum absolute atomic E-state index is 0.0399. The number of alkyl halides is 3. The van der Waals surface area contributed by atoms with E-state index >= 15 is 0 Å². The van der Waals surface area contributed by atoms with Gasteiger partial charge in [0.2, 0.25) is 15.9 Å². The Morgan fingerprint density at radius 2 is 1.80 bits per heavy atom. The predicted octanol–water partition coefficient (Wildman–Crippen LogP) is 4.81. The van der Waals surface area contributed by atoms with E-state index in [9.17, 15) is 26.4 Å². The molecule has 0 radical (unpaired) electrons. The molecule has 0 aliphatic heterocycles. The first kappa shape index (κ1) is 24.1. The SMILES string of the molecule is COc1ccc(N([C@@H](C)C(=O)Nc2ccc(Cl)cc2C(F)(F)F)S(C)(=O)=O)cc1Cl. The predicted molar refractivity (Wildman–Crippen MR) is 110 cm³/mol. The highest BCUT2D eigenvalue weighted by Crippen LogP contribution is 2.37.